The Morgan fingerprint density at radius 1 is 1.25 bits per heavy atom. The number of hydrogen-bond acceptors (Lipinski definition) is 2. The van der Waals surface area contributed by atoms with Crippen molar-refractivity contribution < 1.29 is 4.74 Å². The van der Waals surface area contributed by atoms with E-state index >= 15 is 0 Å². The van der Waals surface area contributed by atoms with Crippen molar-refractivity contribution in [1.82, 2.24) is 5.32 Å². The molecular formula is C14H29NO. The number of rotatable bonds is 7. The Morgan fingerprint density at radius 3 is 2.31 bits per heavy atom. The highest BCUT2D eigenvalue weighted by atomic mass is 16.5. The van der Waals surface area contributed by atoms with Gasteiger partial charge in [0.25, 0.3) is 0 Å². The molecule has 1 rings (SSSR count). The van der Waals surface area contributed by atoms with Crippen molar-refractivity contribution in [2.75, 3.05) is 13.2 Å². The summed E-state index contributed by atoms with van der Waals surface area (Å²) in [6.45, 7) is 13.2. The van der Waals surface area contributed by atoms with Gasteiger partial charge in [-0.15, -0.1) is 0 Å². The van der Waals surface area contributed by atoms with Gasteiger partial charge in [0.15, 0.2) is 0 Å². The van der Waals surface area contributed by atoms with E-state index < -0.39 is 0 Å². The predicted octanol–water partition coefficient (Wildman–Crippen LogP) is 3.22. The quantitative estimate of drug-likeness (QED) is 0.721. The molecule has 2 nitrogen and oxygen atoms in total. The van der Waals surface area contributed by atoms with Crippen LogP contribution in [0.2, 0.25) is 0 Å². The summed E-state index contributed by atoms with van der Waals surface area (Å²) in [6, 6.07) is 0.671. The van der Waals surface area contributed by atoms with Crippen LogP contribution in [0.3, 0.4) is 0 Å². The monoisotopic (exact) mass is 227 g/mol. The number of ether oxygens (including phenoxy) is 1. The lowest BCUT2D eigenvalue weighted by atomic mass is 9.58. The Morgan fingerprint density at radius 2 is 1.88 bits per heavy atom. The van der Waals surface area contributed by atoms with Crippen molar-refractivity contribution in [3.05, 3.63) is 0 Å². The lowest BCUT2D eigenvalue weighted by Crippen LogP contribution is -2.63. The second-order valence-corrected chi connectivity index (χ2v) is 5.50. The molecule has 1 fully saturated rings. The maximum atomic E-state index is 6.07. The Kier molecular flexibility index (Phi) is 5.26. The zero-order chi connectivity index (χ0) is 12.2. The van der Waals surface area contributed by atoms with Crippen LogP contribution < -0.4 is 5.32 Å². The van der Waals surface area contributed by atoms with Gasteiger partial charge in [0.2, 0.25) is 0 Å². The standard InChI is InChI=1S/C14H29NO/c1-6-14(7-2)12(15-8-3)9-13(14)16-10-11(4)5/h11-13,15H,6-10H2,1-5H3. The summed E-state index contributed by atoms with van der Waals surface area (Å²) in [5.74, 6) is 0.643. The molecule has 16 heavy (non-hydrogen) atoms. The highest BCUT2D eigenvalue weighted by Crippen LogP contribution is 2.48. The van der Waals surface area contributed by atoms with Crippen LogP contribution in [0.1, 0.15) is 53.9 Å². The van der Waals surface area contributed by atoms with E-state index in [0.29, 0.717) is 23.5 Å². The van der Waals surface area contributed by atoms with Gasteiger partial charge in [-0.1, -0.05) is 34.6 Å². The highest BCUT2D eigenvalue weighted by Gasteiger charge is 2.52. The van der Waals surface area contributed by atoms with E-state index in [0.717, 1.165) is 13.2 Å². The SMILES string of the molecule is CCNC1CC(OCC(C)C)C1(CC)CC. The van der Waals surface area contributed by atoms with Crippen molar-refractivity contribution in [2.24, 2.45) is 11.3 Å². The molecule has 2 unspecified atom stereocenters. The van der Waals surface area contributed by atoms with Gasteiger partial charge in [-0.05, 0) is 31.7 Å². The number of nitrogens with one attached hydrogen (secondary N) is 1. The van der Waals surface area contributed by atoms with Crippen molar-refractivity contribution in [3.8, 4) is 0 Å². The van der Waals surface area contributed by atoms with Crippen LogP contribution in [-0.2, 0) is 4.74 Å². The molecule has 0 aliphatic heterocycles. The third kappa shape index (κ3) is 2.60. The summed E-state index contributed by atoms with van der Waals surface area (Å²) in [5, 5.41) is 3.61. The summed E-state index contributed by atoms with van der Waals surface area (Å²) >= 11 is 0. The van der Waals surface area contributed by atoms with Crippen LogP contribution in [0.4, 0.5) is 0 Å². The summed E-state index contributed by atoms with van der Waals surface area (Å²) in [4.78, 5) is 0. The minimum absolute atomic E-state index is 0.394. The second-order valence-electron chi connectivity index (χ2n) is 5.50. The Bertz CT molecular complexity index is 199. The van der Waals surface area contributed by atoms with Gasteiger partial charge in [-0.25, -0.2) is 0 Å². The molecule has 0 spiro atoms. The summed E-state index contributed by atoms with van der Waals surface area (Å²) in [5.41, 5.74) is 0.394. The molecule has 0 aromatic heterocycles. The molecule has 1 aliphatic rings. The van der Waals surface area contributed by atoms with Crippen molar-refractivity contribution in [2.45, 2.75) is 66.0 Å². The maximum Gasteiger partial charge on any atom is 0.0661 e. The van der Waals surface area contributed by atoms with Gasteiger partial charge in [0.1, 0.15) is 0 Å². The average Bonchev–Trinajstić information content (AvgIpc) is 2.24. The third-order valence-corrected chi connectivity index (χ3v) is 4.18. The van der Waals surface area contributed by atoms with Gasteiger partial charge in [0.05, 0.1) is 6.10 Å². The van der Waals surface area contributed by atoms with Gasteiger partial charge in [-0.2, -0.15) is 0 Å². The molecule has 0 heterocycles. The van der Waals surface area contributed by atoms with Crippen molar-refractivity contribution in [1.29, 1.82) is 0 Å². The molecule has 0 radical (unpaired) electrons. The van der Waals surface area contributed by atoms with Gasteiger partial charge in [-0.3, -0.25) is 0 Å². The van der Waals surface area contributed by atoms with Crippen molar-refractivity contribution >= 4 is 0 Å². The largest absolute Gasteiger partial charge is 0.377 e. The van der Waals surface area contributed by atoms with Gasteiger partial charge >= 0.3 is 0 Å². The zero-order valence-corrected chi connectivity index (χ0v) is 11.7. The Labute approximate surface area is 101 Å². The summed E-state index contributed by atoms with van der Waals surface area (Å²) in [7, 11) is 0. The fourth-order valence-electron chi connectivity index (χ4n) is 3.02. The fourth-order valence-corrected chi connectivity index (χ4v) is 3.02. The average molecular weight is 227 g/mol. The van der Waals surface area contributed by atoms with Crippen LogP contribution in [-0.4, -0.2) is 25.3 Å². The van der Waals surface area contributed by atoms with Crippen molar-refractivity contribution in [3.63, 3.8) is 0 Å². The zero-order valence-electron chi connectivity index (χ0n) is 11.7. The van der Waals surface area contributed by atoms with Crippen LogP contribution >= 0.6 is 0 Å². The van der Waals surface area contributed by atoms with Gasteiger partial charge in [0, 0.05) is 18.1 Å². The van der Waals surface area contributed by atoms with E-state index in [-0.39, 0.29) is 0 Å². The highest BCUT2D eigenvalue weighted by molar-refractivity contribution is 5.06. The first-order chi connectivity index (χ1) is 7.60. The van der Waals surface area contributed by atoms with E-state index in [9.17, 15) is 0 Å². The lowest BCUT2D eigenvalue weighted by molar-refractivity contribution is -0.145. The maximum absolute atomic E-state index is 6.07. The minimum atomic E-state index is 0.394. The Hall–Kier alpha value is -0.0800. The molecule has 2 heteroatoms. The number of hydrogen-bond donors (Lipinski definition) is 1. The van der Waals surface area contributed by atoms with Crippen LogP contribution in [0.15, 0.2) is 0 Å². The lowest BCUT2D eigenvalue weighted by Gasteiger charge is -2.55. The molecule has 2 atom stereocenters. The van der Waals surface area contributed by atoms with E-state index in [4.69, 9.17) is 4.74 Å². The molecule has 1 N–H and O–H groups in total. The predicted molar refractivity (Wildman–Crippen MR) is 69.7 cm³/mol. The topological polar surface area (TPSA) is 21.3 Å². The molecule has 1 aliphatic carbocycles. The third-order valence-electron chi connectivity index (χ3n) is 4.18. The van der Waals surface area contributed by atoms with Crippen LogP contribution in [0.5, 0.6) is 0 Å². The minimum Gasteiger partial charge on any atom is -0.377 e. The second kappa shape index (κ2) is 6.02. The molecule has 0 aromatic carbocycles. The molecule has 0 bridgehead atoms. The first-order valence-corrected chi connectivity index (χ1v) is 6.95. The summed E-state index contributed by atoms with van der Waals surface area (Å²) < 4.78 is 6.07. The molecule has 0 saturated heterocycles. The first kappa shape index (κ1) is 14.0. The van der Waals surface area contributed by atoms with E-state index in [2.05, 4.69) is 39.9 Å². The summed E-state index contributed by atoms with van der Waals surface area (Å²) in [6.07, 6.45) is 4.13. The van der Waals surface area contributed by atoms with E-state index in [1.807, 2.05) is 0 Å². The molecule has 0 amide bonds. The molecular weight excluding hydrogens is 198 g/mol. The van der Waals surface area contributed by atoms with Crippen LogP contribution in [0, 0.1) is 11.3 Å². The van der Waals surface area contributed by atoms with E-state index in [1.54, 1.807) is 0 Å². The molecule has 0 aromatic rings. The smallest absolute Gasteiger partial charge is 0.0661 e. The normalized spacial score (nSPS) is 28.1. The Balaban J connectivity index is 2.53. The molecule has 1 saturated carbocycles. The molecule has 96 valence electrons. The van der Waals surface area contributed by atoms with Gasteiger partial charge < -0.3 is 10.1 Å². The van der Waals surface area contributed by atoms with E-state index in [1.165, 1.54) is 19.3 Å². The first-order valence-electron chi connectivity index (χ1n) is 6.95. The van der Waals surface area contributed by atoms with Crippen LogP contribution in [0.25, 0.3) is 0 Å². The fraction of sp³-hybridized carbons (Fsp3) is 1.00.